The van der Waals surface area contributed by atoms with E-state index in [1.807, 2.05) is 0 Å². The molecule has 1 aromatic carbocycles. The van der Waals surface area contributed by atoms with Crippen molar-refractivity contribution in [3.8, 4) is 0 Å². The van der Waals surface area contributed by atoms with E-state index in [2.05, 4.69) is 21.2 Å². The van der Waals surface area contributed by atoms with Crippen LogP contribution in [0.25, 0.3) is 0 Å². The zero-order valence-electron chi connectivity index (χ0n) is 9.96. The van der Waals surface area contributed by atoms with Gasteiger partial charge in [-0.15, -0.1) is 0 Å². The Labute approximate surface area is 116 Å². The first-order valence-electron chi connectivity index (χ1n) is 5.51. The number of halogens is 4. The van der Waals surface area contributed by atoms with E-state index in [1.54, 1.807) is 13.1 Å². The van der Waals surface area contributed by atoms with Gasteiger partial charge in [0, 0.05) is 5.56 Å². The van der Waals surface area contributed by atoms with Gasteiger partial charge in [0.1, 0.15) is 0 Å². The first-order valence-corrected chi connectivity index (χ1v) is 6.30. The Bertz CT molecular complexity index is 548. The van der Waals surface area contributed by atoms with E-state index in [0.29, 0.717) is 4.67 Å². The van der Waals surface area contributed by atoms with Gasteiger partial charge in [-0.25, -0.2) is 0 Å². The van der Waals surface area contributed by atoms with Gasteiger partial charge in [-0.2, -0.15) is 13.2 Å². The topological polar surface area (TPSA) is 25.2 Å². The van der Waals surface area contributed by atoms with Crippen molar-refractivity contribution in [2.24, 2.45) is 0 Å². The highest BCUT2D eigenvalue weighted by molar-refractivity contribution is 9.10. The molecule has 0 aliphatic carbocycles. The lowest BCUT2D eigenvalue weighted by molar-refractivity contribution is -0.137. The van der Waals surface area contributed by atoms with E-state index >= 15 is 0 Å². The highest BCUT2D eigenvalue weighted by Gasteiger charge is 2.30. The van der Waals surface area contributed by atoms with Crippen molar-refractivity contribution in [1.82, 2.24) is 5.32 Å². The van der Waals surface area contributed by atoms with Gasteiger partial charge in [-0.3, -0.25) is 0 Å². The molecule has 0 amide bonds. The molecule has 0 bridgehead atoms. The van der Waals surface area contributed by atoms with E-state index in [4.69, 9.17) is 4.42 Å². The number of hydrogen-bond acceptors (Lipinski definition) is 2. The molecule has 0 saturated heterocycles. The zero-order chi connectivity index (χ0) is 14.0. The van der Waals surface area contributed by atoms with Crippen molar-refractivity contribution in [1.29, 1.82) is 0 Å². The van der Waals surface area contributed by atoms with Gasteiger partial charge in [0.05, 0.1) is 17.9 Å². The summed E-state index contributed by atoms with van der Waals surface area (Å²) in [5.41, 5.74) is 0.914. The molecule has 0 fully saturated rings. The Morgan fingerprint density at radius 2 is 1.79 bits per heavy atom. The molecule has 2 nitrogen and oxygen atoms in total. The molecular formula is C13H11BrF3NO. The summed E-state index contributed by atoms with van der Waals surface area (Å²) >= 11 is 3.26. The van der Waals surface area contributed by atoms with Crippen molar-refractivity contribution < 1.29 is 17.6 Å². The minimum absolute atomic E-state index is 0.226. The van der Waals surface area contributed by atoms with Crippen LogP contribution in [-0.2, 0) is 6.18 Å². The molecule has 19 heavy (non-hydrogen) atoms. The van der Waals surface area contributed by atoms with Gasteiger partial charge in [0.25, 0.3) is 0 Å². The molecule has 1 heterocycles. The quantitative estimate of drug-likeness (QED) is 0.902. The zero-order valence-corrected chi connectivity index (χ0v) is 11.5. The summed E-state index contributed by atoms with van der Waals surface area (Å²) in [6.45, 7) is 0. The molecule has 6 heteroatoms. The Hall–Kier alpha value is -1.27. The third kappa shape index (κ3) is 3.01. The van der Waals surface area contributed by atoms with Gasteiger partial charge >= 0.3 is 6.18 Å². The summed E-state index contributed by atoms with van der Waals surface area (Å²) in [5.74, 6) is 0. The van der Waals surface area contributed by atoms with Crippen molar-refractivity contribution in [2.75, 3.05) is 7.05 Å². The Morgan fingerprint density at radius 1 is 1.16 bits per heavy atom. The lowest BCUT2D eigenvalue weighted by Gasteiger charge is -2.16. The van der Waals surface area contributed by atoms with Gasteiger partial charge in [-0.05, 0) is 46.7 Å². The SMILES string of the molecule is CNC(c1ccc(C(F)(F)F)cc1)c1ccoc1Br. The van der Waals surface area contributed by atoms with Gasteiger partial charge in [0.15, 0.2) is 4.67 Å². The highest BCUT2D eigenvalue weighted by Crippen LogP contribution is 2.32. The molecule has 0 saturated carbocycles. The van der Waals surface area contributed by atoms with Crippen LogP contribution in [0.1, 0.15) is 22.7 Å². The fraction of sp³-hybridized carbons (Fsp3) is 0.231. The number of rotatable bonds is 3. The lowest BCUT2D eigenvalue weighted by Crippen LogP contribution is -2.17. The van der Waals surface area contributed by atoms with Crippen LogP contribution in [0, 0.1) is 0 Å². The molecular weight excluding hydrogens is 323 g/mol. The largest absolute Gasteiger partial charge is 0.457 e. The summed E-state index contributed by atoms with van der Waals surface area (Å²) in [7, 11) is 1.74. The maximum absolute atomic E-state index is 12.5. The van der Waals surface area contributed by atoms with Crippen molar-refractivity contribution in [2.45, 2.75) is 12.2 Å². The molecule has 2 aromatic rings. The number of alkyl halides is 3. The van der Waals surface area contributed by atoms with Crippen LogP contribution in [0.5, 0.6) is 0 Å². The van der Waals surface area contributed by atoms with Crippen molar-refractivity contribution in [3.63, 3.8) is 0 Å². The Morgan fingerprint density at radius 3 is 2.21 bits per heavy atom. The average Bonchev–Trinajstić information content (AvgIpc) is 2.76. The molecule has 0 aliphatic rings. The maximum Gasteiger partial charge on any atom is 0.416 e. The van der Waals surface area contributed by atoms with E-state index in [-0.39, 0.29) is 6.04 Å². The number of benzene rings is 1. The maximum atomic E-state index is 12.5. The fourth-order valence-electron chi connectivity index (χ4n) is 1.88. The van der Waals surface area contributed by atoms with Crippen LogP contribution in [0.2, 0.25) is 0 Å². The van der Waals surface area contributed by atoms with E-state index < -0.39 is 11.7 Å². The standard InChI is InChI=1S/C13H11BrF3NO/c1-18-11(10-6-7-19-12(10)14)8-2-4-9(5-3-8)13(15,16)17/h2-7,11,18H,1H3. The lowest BCUT2D eigenvalue weighted by atomic mass is 10.00. The Balaban J connectivity index is 2.33. The molecule has 0 aliphatic heterocycles. The first kappa shape index (κ1) is 14.1. The molecule has 1 unspecified atom stereocenters. The molecule has 102 valence electrons. The van der Waals surface area contributed by atoms with Crippen LogP contribution < -0.4 is 5.32 Å². The van der Waals surface area contributed by atoms with E-state index in [0.717, 1.165) is 23.3 Å². The third-order valence-corrected chi connectivity index (χ3v) is 3.46. The van der Waals surface area contributed by atoms with E-state index in [9.17, 15) is 13.2 Å². The van der Waals surface area contributed by atoms with Gasteiger partial charge in [-0.1, -0.05) is 12.1 Å². The Kier molecular flexibility index (Phi) is 4.01. The average molecular weight is 334 g/mol. The molecule has 0 spiro atoms. The van der Waals surface area contributed by atoms with Crippen molar-refractivity contribution >= 4 is 15.9 Å². The summed E-state index contributed by atoms with van der Waals surface area (Å²) in [6, 6.07) is 6.62. The summed E-state index contributed by atoms with van der Waals surface area (Å²) in [4.78, 5) is 0. The second-order valence-corrected chi connectivity index (χ2v) is 4.71. The summed E-state index contributed by atoms with van der Waals surface area (Å²) in [6.07, 6.45) is -2.79. The smallest absolute Gasteiger partial charge is 0.416 e. The number of nitrogens with one attached hydrogen (secondary N) is 1. The summed E-state index contributed by atoms with van der Waals surface area (Å²) < 4.78 is 43.2. The van der Waals surface area contributed by atoms with Crippen molar-refractivity contribution in [3.05, 3.63) is 58.0 Å². The van der Waals surface area contributed by atoms with Crippen LogP contribution in [0.3, 0.4) is 0 Å². The third-order valence-electron chi connectivity index (χ3n) is 2.82. The fourth-order valence-corrected chi connectivity index (χ4v) is 2.35. The van der Waals surface area contributed by atoms with Crippen LogP contribution in [0.4, 0.5) is 13.2 Å². The molecule has 0 radical (unpaired) electrons. The minimum atomic E-state index is -4.32. The monoisotopic (exact) mass is 333 g/mol. The first-order chi connectivity index (χ1) is 8.93. The minimum Gasteiger partial charge on any atom is -0.457 e. The normalized spacial score (nSPS) is 13.5. The molecule has 1 N–H and O–H groups in total. The number of furan rings is 1. The predicted octanol–water partition coefficient (Wildman–Crippen LogP) is 4.37. The van der Waals surface area contributed by atoms with E-state index in [1.165, 1.54) is 18.4 Å². The van der Waals surface area contributed by atoms with Crippen LogP contribution >= 0.6 is 15.9 Å². The molecule has 2 rings (SSSR count). The highest BCUT2D eigenvalue weighted by atomic mass is 79.9. The predicted molar refractivity (Wildman–Crippen MR) is 68.8 cm³/mol. The molecule has 1 aromatic heterocycles. The summed E-state index contributed by atoms with van der Waals surface area (Å²) in [5, 5.41) is 3.05. The second kappa shape index (κ2) is 5.38. The van der Waals surface area contributed by atoms with Crippen LogP contribution in [0.15, 0.2) is 45.7 Å². The molecule has 1 atom stereocenters. The second-order valence-electron chi connectivity index (χ2n) is 3.99. The van der Waals surface area contributed by atoms with Gasteiger partial charge in [0.2, 0.25) is 0 Å². The number of hydrogen-bond donors (Lipinski definition) is 1. The van der Waals surface area contributed by atoms with Gasteiger partial charge < -0.3 is 9.73 Å². The van der Waals surface area contributed by atoms with Crippen LogP contribution in [-0.4, -0.2) is 7.05 Å².